The molecule has 45 heavy (non-hydrogen) atoms. The number of amides is 1. The van der Waals surface area contributed by atoms with Crippen molar-refractivity contribution in [3.63, 3.8) is 0 Å². The fourth-order valence-corrected chi connectivity index (χ4v) is 4.94. The van der Waals surface area contributed by atoms with Crippen LogP contribution in [-0.2, 0) is 20.8 Å². The number of fused-ring (bicyclic) bond motifs is 2. The van der Waals surface area contributed by atoms with Gasteiger partial charge in [-0.2, -0.15) is 31.4 Å². The maximum absolute atomic E-state index is 15.5. The van der Waals surface area contributed by atoms with E-state index in [2.05, 4.69) is 20.5 Å². The summed E-state index contributed by atoms with van der Waals surface area (Å²) in [5, 5.41) is 25.4. The second-order valence-electron chi connectivity index (χ2n) is 9.58. The van der Waals surface area contributed by atoms with Crippen LogP contribution in [0.15, 0.2) is 24.4 Å². The van der Waals surface area contributed by atoms with Crippen molar-refractivity contribution in [2.45, 2.75) is 38.3 Å². The first-order valence-corrected chi connectivity index (χ1v) is 13.4. The Labute approximate surface area is 251 Å². The van der Waals surface area contributed by atoms with Crippen LogP contribution >= 0.6 is 11.3 Å². The molecule has 19 heteroatoms. The van der Waals surface area contributed by atoms with Gasteiger partial charge in [0.05, 0.1) is 33.5 Å². The van der Waals surface area contributed by atoms with Crippen molar-refractivity contribution in [3.05, 3.63) is 35.8 Å². The van der Waals surface area contributed by atoms with Gasteiger partial charge in [0.1, 0.15) is 6.17 Å². The molecule has 4 N–H and O–H groups in total. The molecule has 0 unspecified atom stereocenters. The SMILES string of the molecule is CCc1c(F)c(N(C)C)c2[nH]ncc2c1-c1ccc2nc(NC(=O)[C@@H]3C[C@@H]3F)sc2c1.O=C(O)C(F)(F)F.O=C(O)C(F)(F)F. The third-order valence-corrected chi connectivity index (χ3v) is 7.10. The van der Waals surface area contributed by atoms with Gasteiger partial charge in [0, 0.05) is 19.5 Å². The molecule has 0 saturated heterocycles. The minimum Gasteiger partial charge on any atom is -0.475 e. The highest BCUT2D eigenvalue weighted by Gasteiger charge is 2.44. The van der Waals surface area contributed by atoms with E-state index in [1.165, 1.54) is 11.3 Å². The number of benzene rings is 2. The van der Waals surface area contributed by atoms with Crippen LogP contribution in [0.1, 0.15) is 18.9 Å². The number of nitrogens with one attached hydrogen (secondary N) is 2. The highest BCUT2D eigenvalue weighted by molar-refractivity contribution is 7.22. The lowest BCUT2D eigenvalue weighted by atomic mass is 9.93. The van der Waals surface area contributed by atoms with Crippen molar-refractivity contribution in [1.82, 2.24) is 15.2 Å². The van der Waals surface area contributed by atoms with Crippen LogP contribution in [-0.4, -0.2) is 75.9 Å². The van der Waals surface area contributed by atoms with Crippen molar-refractivity contribution >= 4 is 61.1 Å². The number of thiazole rings is 1. The number of anilines is 2. The number of halogens is 8. The Kier molecular flexibility index (Phi) is 10.3. The van der Waals surface area contributed by atoms with Crippen LogP contribution in [0.3, 0.4) is 0 Å². The van der Waals surface area contributed by atoms with Crippen molar-refractivity contribution in [1.29, 1.82) is 0 Å². The van der Waals surface area contributed by atoms with E-state index in [0.29, 0.717) is 28.3 Å². The standard InChI is InChI=1S/C22H21F2N5OS.2C2HF3O2/c1-4-11-17(13-9-25-28-19(13)20(18(11)24)29(2)3)10-5-6-15-16(7-10)31-22(26-15)27-21(30)12-8-14(12)23;2*3-2(4,5)1(6)7/h5-7,9,12,14H,4,8H2,1-3H3,(H,25,28)(H,26,27,30);2*(H,6,7)/t12-,14+;;/m1../s1. The third kappa shape index (κ3) is 8.14. The molecule has 2 atom stereocenters. The van der Waals surface area contributed by atoms with Crippen LogP contribution in [0.25, 0.3) is 32.2 Å². The molecule has 0 bridgehead atoms. The predicted octanol–water partition coefficient (Wildman–Crippen LogP) is 6.17. The van der Waals surface area contributed by atoms with Crippen LogP contribution in [0, 0.1) is 11.7 Å². The number of nitrogens with zero attached hydrogens (tertiary/aromatic N) is 3. The van der Waals surface area contributed by atoms with E-state index in [9.17, 15) is 35.5 Å². The van der Waals surface area contributed by atoms with Crippen molar-refractivity contribution in [2.75, 3.05) is 24.3 Å². The number of alkyl halides is 7. The van der Waals surface area contributed by atoms with Gasteiger partial charge in [-0.15, -0.1) is 0 Å². The first-order chi connectivity index (χ1) is 20.8. The smallest absolute Gasteiger partial charge is 0.475 e. The number of aromatic amines is 1. The van der Waals surface area contributed by atoms with Crippen molar-refractivity contribution in [3.8, 4) is 11.1 Å². The third-order valence-electron chi connectivity index (χ3n) is 6.16. The number of rotatable bonds is 5. The Hall–Kier alpha value is -4.55. The highest BCUT2D eigenvalue weighted by Crippen LogP contribution is 2.41. The maximum atomic E-state index is 15.5. The van der Waals surface area contributed by atoms with E-state index in [4.69, 9.17) is 19.8 Å². The minimum absolute atomic E-state index is 0.262. The largest absolute Gasteiger partial charge is 0.490 e. The summed E-state index contributed by atoms with van der Waals surface area (Å²) in [6.07, 6.45) is -8.69. The van der Waals surface area contributed by atoms with Gasteiger partial charge in [0.15, 0.2) is 10.9 Å². The van der Waals surface area contributed by atoms with E-state index in [-0.39, 0.29) is 18.1 Å². The number of aromatic nitrogens is 3. The summed E-state index contributed by atoms with van der Waals surface area (Å²) in [5.74, 6) is -6.68. The quantitative estimate of drug-likeness (QED) is 0.185. The number of hydrogen-bond donors (Lipinski definition) is 4. The molecule has 2 aromatic heterocycles. The topological polar surface area (TPSA) is 149 Å². The predicted molar refractivity (Wildman–Crippen MR) is 147 cm³/mol. The fraction of sp³-hybridized carbons (Fsp3) is 0.346. The molecule has 2 heterocycles. The number of carbonyl (C=O) groups excluding carboxylic acids is 1. The Morgan fingerprint density at radius 3 is 2.11 bits per heavy atom. The number of H-pyrrole nitrogens is 1. The lowest BCUT2D eigenvalue weighted by molar-refractivity contribution is -0.193. The molecule has 10 nitrogen and oxygen atoms in total. The van der Waals surface area contributed by atoms with E-state index in [1.807, 2.05) is 39.2 Å². The lowest BCUT2D eigenvalue weighted by Crippen LogP contribution is -2.21. The molecular weight excluding hydrogens is 646 g/mol. The molecule has 0 radical (unpaired) electrons. The second kappa shape index (κ2) is 13.2. The molecule has 1 fully saturated rings. The monoisotopic (exact) mass is 669 g/mol. The van der Waals surface area contributed by atoms with Crippen LogP contribution in [0.5, 0.6) is 0 Å². The summed E-state index contributed by atoms with van der Waals surface area (Å²) in [6, 6.07) is 5.71. The van der Waals surface area contributed by atoms with Crippen LogP contribution < -0.4 is 10.2 Å². The Morgan fingerprint density at radius 2 is 1.64 bits per heavy atom. The molecule has 0 spiro atoms. The van der Waals surface area contributed by atoms with E-state index in [1.54, 1.807) is 11.1 Å². The molecule has 1 aliphatic carbocycles. The zero-order valence-corrected chi connectivity index (χ0v) is 24.1. The Balaban J connectivity index is 0.000000331. The van der Waals surface area contributed by atoms with Gasteiger partial charge in [0.25, 0.3) is 0 Å². The summed E-state index contributed by atoms with van der Waals surface area (Å²) in [7, 11) is 3.62. The molecule has 1 aliphatic rings. The average Bonchev–Trinajstić information content (AvgIpc) is 3.28. The molecule has 5 rings (SSSR count). The van der Waals surface area contributed by atoms with E-state index in [0.717, 1.165) is 26.7 Å². The molecule has 4 aromatic rings. The van der Waals surface area contributed by atoms with Gasteiger partial charge in [-0.3, -0.25) is 9.89 Å². The van der Waals surface area contributed by atoms with Gasteiger partial charge < -0.3 is 20.4 Å². The van der Waals surface area contributed by atoms with Gasteiger partial charge in [-0.1, -0.05) is 24.3 Å². The normalized spacial score (nSPS) is 15.9. The van der Waals surface area contributed by atoms with E-state index < -0.39 is 36.4 Å². The molecule has 0 aliphatic heterocycles. The van der Waals surface area contributed by atoms with Gasteiger partial charge >= 0.3 is 24.3 Å². The van der Waals surface area contributed by atoms with Gasteiger partial charge in [-0.25, -0.2) is 23.4 Å². The summed E-state index contributed by atoms with van der Waals surface area (Å²) in [4.78, 5) is 36.0. The molecule has 244 valence electrons. The second-order valence-corrected chi connectivity index (χ2v) is 10.6. The Bertz CT molecular complexity index is 1710. The number of hydrogen-bond acceptors (Lipinski definition) is 7. The molecule has 1 amide bonds. The lowest BCUT2D eigenvalue weighted by Gasteiger charge is -2.20. The summed E-state index contributed by atoms with van der Waals surface area (Å²) >= 11 is 1.32. The van der Waals surface area contributed by atoms with Crippen LogP contribution in [0.2, 0.25) is 0 Å². The number of aliphatic carboxylic acids is 2. The van der Waals surface area contributed by atoms with Crippen LogP contribution in [0.4, 0.5) is 45.9 Å². The minimum atomic E-state index is -5.08. The van der Waals surface area contributed by atoms with Gasteiger partial charge in [-0.05, 0) is 41.7 Å². The zero-order valence-electron chi connectivity index (χ0n) is 23.3. The average molecular weight is 670 g/mol. The summed E-state index contributed by atoms with van der Waals surface area (Å²) in [6.45, 7) is 1.93. The molecular formula is C26H23F8N5O5S. The number of carboxylic acids is 2. The first kappa shape index (κ1) is 34.9. The molecule has 2 aromatic carbocycles. The van der Waals surface area contributed by atoms with Crippen molar-refractivity contribution < 1.29 is 59.7 Å². The first-order valence-electron chi connectivity index (χ1n) is 12.6. The number of carboxylic acid groups (broad SMARTS) is 2. The van der Waals surface area contributed by atoms with Gasteiger partial charge in [0.2, 0.25) is 5.91 Å². The van der Waals surface area contributed by atoms with E-state index >= 15 is 4.39 Å². The Morgan fingerprint density at radius 1 is 1.09 bits per heavy atom. The summed E-state index contributed by atoms with van der Waals surface area (Å²) < 4.78 is 92.9. The summed E-state index contributed by atoms with van der Waals surface area (Å²) in [5.41, 5.74) is 4.14. The molecule has 1 saturated carbocycles. The number of carbonyl (C=O) groups is 3. The maximum Gasteiger partial charge on any atom is 0.490 e. The highest BCUT2D eigenvalue weighted by atomic mass is 32.1. The fourth-order valence-electron chi connectivity index (χ4n) is 4.03. The van der Waals surface area contributed by atoms with Crippen molar-refractivity contribution in [2.24, 2.45) is 5.92 Å². The zero-order chi connectivity index (χ0) is 34.0.